The van der Waals surface area contributed by atoms with E-state index in [9.17, 15) is 0 Å². The molecule has 0 bridgehead atoms. The van der Waals surface area contributed by atoms with E-state index in [4.69, 9.17) is 27.7 Å². The molecule has 2 aromatic heterocycles. The van der Waals surface area contributed by atoms with Crippen molar-refractivity contribution in [3.05, 3.63) is 57.2 Å². The third-order valence-electron chi connectivity index (χ3n) is 3.88. The molecule has 0 atom stereocenters. The van der Waals surface area contributed by atoms with Crippen LogP contribution in [0.3, 0.4) is 0 Å². The quantitative estimate of drug-likeness (QED) is 0.671. The number of rotatable bonds is 4. The van der Waals surface area contributed by atoms with Gasteiger partial charge >= 0.3 is 0 Å². The first-order valence-corrected chi connectivity index (χ1v) is 8.86. The van der Waals surface area contributed by atoms with Gasteiger partial charge in [-0.15, -0.1) is 11.3 Å². The Morgan fingerprint density at radius 3 is 2.83 bits per heavy atom. The summed E-state index contributed by atoms with van der Waals surface area (Å²) in [7, 11) is 0. The van der Waals surface area contributed by atoms with Crippen molar-refractivity contribution in [1.29, 1.82) is 0 Å². The van der Waals surface area contributed by atoms with Gasteiger partial charge in [-0.05, 0) is 29.1 Å². The molecule has 0 unspecified atom stereocenters. The van der Waals surface area contributed by atoms with Crippen molar-refractivity contribution in [1.82, 2.24) is 15.0 Å². The van der Waals surface area contributed by atoms with E-state index >= 15 is 0 Å². The predicted octanol–water partition coefficient (Wildman–Crippen LogP) is 4.70. The molecule has 0 amide bonds. The summed E-state index contributed by atoms with van der Waals surface area (Å²) in [4.78, 5) is 7.86. The number of likely N-dealkylation sites (tertiary alicyclic amines) is 1. The van der Waals surface area contributed by atoms with Gasteiger partial charge in [-0.25, -0.2) is 0 Å². The van der Waals surface area contributed by atoms with Crippen molar-refractivity contribution in [3.8, 4) is 10.7 Å². The summed E-state index contributed by atoms with van der Waals surface area (Å²) in [5, 5.41) is 7.26. The zero-order chi connectivity index (χ0) is 15.8. The van der Waals surface area contributed by atoms with Crippen LogP contribution in [0.2, 0.25) is 10.0 Å². The van der Waals surface area contributed by atoms with E-state index in [0.717, 1.165) is 36.0 Å². The number of aromatic nitrogens is 2. The molecule has 1 saturated heterocycles. The summed E-state index contributed by atoms with van der Waals surface area (Å²) in [6.45, 7) is 2.66. The Labute approximate surface area is 147 Å². The molecule has 0 spiro atoms. The highest BCUT2D eigenvalue weighted by Crippen LogP contribution is 2.31. The smallest absolute Gasteiger partial charge is 0.232 e. The Balaban J connectivity index is 1.37. The minimum atomic E-state index is 0.305. The second-order valence-electron chi connectivity index (χ2n) is 5.57. The highest BCUT2D eigenvalue weighted by molar-refractivity contribution is 7.13. The van der Waals surface area contributed by atoms with Gasteiger partial charge in [0.1, 0.15) is 0 Å². The zero-order valence-electron chi connectivity index (χ0n) is 12.1. The van der Waals surface area contributed by atoms with Crippen molar-refractivity contribution < 1.29 is 4.52 Å². The van der Waals surface area contributed by atoms with Crippen LogP contribution in [-0.4, -0.2) is 28.1 Å². The first-order chi connectivity index (χ1) is 11.2. The second kappa shape index (κ2) is 6.24. The van der Waals surface area contributed by atoms with Gasteiger partial charge in [-0.2, -0.15) is 4.98 Å². The molecule has 0 radical (unpaired) electrons. The van der Waals surface area contributed by atoms with Gasteiger partial charge in [0.25, 0.3) is 0 Å². The first kappa shape index (κ1) is 15.1. The van der Waals surface area contributed by atoms with E-state index in [-0.39, 0.29) is 0 Å². The fourth-order valence-corrected chi connectivity index (χ4v) is 3.63. The predicted molar refractivity (Wildman–Crippen MR) is 92.1 cm³/mol. The van der Waals surface area contributed by atoms with Crippen molar-refractivity contribution in [2.24, 2.45) is 0 Å². The lowest BCUT2D eigenvalue weighted by Gasteiger charge is -2.37. The number of thiophene rings is 1. The summed E-state index contributed by atoms with van der Waals surface area (Å²) in [5.74, 6) is 1.70. The lowest BCUT2D eigenvalue weighted by molar-refractivity contribution is 0.117. The van der Waals surface area contributed by atoms with Gasteiger partial charge in [0.05, 0.1) is 20.8 Å². The summed E-state index contributed by atoms with van der Waals surface area (Å²) >= 11 is 13.6. The van der Waals surface area contributed by atoms with E-state index in [1.54, 1.807) is 11.3 Å². The van der Waals surface area contributed by atoms with E-state index < -0.39 is 0 Å². The molecule has 3 aromatic rings. The summed E-state index contributed by atoms with van der Waals surface area (Å²) in [6, 6.07) is 9.73. The molecular formula is C16H13Cl2N3OS. The number of benzene rings is 1. The third kappa shape index (κ3) is 3.15. The Morgan fingerprint density at radius 2 is 2.09 bits per heavy atom. The third-order valence-corrected chi connectivity index (χ3v) is 5.48. The standard InChI is InChI=1S/C16H13Cl2N3OS/c17-12-4-3-10(6-13(12)18)7-21-8-11(9-21)16-19-15(20-22-16)14-2-1-5-23-14/h1-6,11H,7-9H2. The van der Waals surface area contributed by atoms with Crippen LogP contribution in [0.4, 0.5) is 0 Å². The normalized spacial score (nSPS) is 15.7. The average molecular weight is 366 g/mol. The Morgan fingerprint density at radius 1 is 1.22 bits per heavy atom. The summed E-state index contributed by atoms with van der Waals surface area (Å²) < 4.78 is 5.41. The molecule has 0 aliphatic carbocycles. The van der Waals surface area contributed by atoms with E-state index in [1.807, 2.05) is 35.7 Å². The molecule has 0 saturated carbocycles. The SMILES string of the molecule is Clc1ccc(CN2CC(c3nc(-c4cccs4)no3)C2)cc1Cl. The Kier molecular flexibility index (Phi) is 4.11. The van der Waals surface area contributed by atoms with Crippen LogP contribution < -0.4 is 0 Å². The lowest BCUT2D eigenvalue weighted by Crippen LogP contribution is -2.44. The number of nitrogens with zero attached hydrogens (tertiary/aromatic N) is 3. The topological polar surface area (TPSA) is 42.2 Å². The zero-order valence-corrected chi connectivity index (χ0v) is 14.4. The van der Waals surface area contributed by atoms with E-state index in [0.29, 0.717) is 21.8 Å². The minimum Gasteiger partial charge on any atom is -0.339 e. The van der Waals surface area contributed by atoms with Crippen LogP contribution in [0.5, 0.6) is 0 Å². The maximum absolute atomic E-state index is 6.05. The lowest BCUT2D eigenvalue weighted by atomic mass is 9.99. The number of hydrogen-bond acceptors (Lipinski definition) is 5. The second-order valence-corrected chi connectivity index (χ2v) is 7.34. The molecular weight excluding hydrogens is 353 g/mol. The van der Waals surface area contributed by atoms with E-state index in [1.165, 1.54) is 0 Å². The van der Waals surface area contributed by atoms with Crippen molar-refractivity contribution in [2.45, 2.75) is 12.5 Å². The van der Waals surface area contributed by atoms with Crippen LogP contribution in [0.15, 0.2) is 40.2 Å². The maximum atomic E-state index is 6.05. The minimum absolute atomic E-state index is 0.305. The van der Waals surface area contributed by atoms with Gasteiger partial charge in [0.15, 0.2) is 0 Å². The molecule has 4 nitrogen and oxygen atoms in total. The van der Waals surface area contributed by atoms with Crippen LogP contribution in [0.25, 0.3) is 10.7 Å². The average Bonchev–Trinajstić information content (AvgIpc) is 3.16. The molecule has 118 valence electrons. The van der Waals surface area contributed by atoms with Gasteiger partial charge in [0.2, 0.25) is 11.7 Å². The van der Waals surface area contributed by atoms with E-state index in [2.05, 4.69) is 15.0 Å². The summed E-state index contributed by atoms with van der Waals surface area (Å²) in [5.41, 5.74) is 1.16. The molecule has 3 heterocycles. The molecule has 23 heavy (non-hydrogen) atoms. The molecule has 1 aromatic carbocycles. The molecule has 0 N–H and O–H groups in total. The highest BCUT2D eigenvalue weighted by Gasteiger charge is 2.32. The Hall–Kier alpha value is -1.40. The van der Waals surface area contributed by atoms with Crippen LogP contribution in [-0.2, 0) is 6.54 Å². The van der Waals surface area contributed by atoms with Gasteiger partial charge in [0, 0.05) is 19.6 Å². The van der Waals surface area contributed by atoms with Crippen LogP contribution >= 0.6 is 34.5 Å². The largest absolute Gasteiger partial charge is 0.339 e. The van der Waals surface area contributed by atoms with Crippen molar-refractivity contribution in [2.75, 3.05) is 13.1 Å². The fraction of sp³-hybridized carbons (Fsp3) is 0.250. The number of hydrogen-bond donors (Lipinski definition) is 0. The maximum Gasteiger partial charge on any atom is 0.232 e. The molecule has 4 rings (SSSR count). The van der Waals surface area contributed by atoms with Crippen molar-refractivity contribution >= 4 is 34.5 Å². The number of halogens is 2. The molecule has 1 aliphatic heterocycles. The molecule has 7 heteroatoms. The highest BCUT2D eigenvalue weighted by atomic mass is 35.5. The molecule has 1 aliphatic rings. The van der Waals surface area contributed by atoms with Crippen LogP contribution in [0.1, 0.15) is 17.4 Å². The monoisotopic (exact) mass is 365 g/mol. The first-order valence-electron chi connectivity index (χ1n) is 7.23. The fourth-order valence-electron chi connectivity index (χ4n) is 2.66. The Bertz CT molecular complexity index is 813. The van der Waals surface area contributed by atoms with Gasteiger partial charge in [-0.3, -0.25) is 4.90 Å². The molecule has 1 fully saturated rings. The summed E-state index contributed by atoms with van der Waals surface area (Å²) in [6.07, 6.45) is 0. The van der Waals surface area contributed by atoms with Gasteiger partial charge in [-0.1, -0.05) is 40.5 Å². The van der Waals surface area contributed by atoms with Crippen molar-refractivity contribution in [3.63, 3.8) is 0 Å². The van der Waals surface area contributed by atoms with Gasteiger partial charge < -0.3 is 4.52 Å². The van der Waals surface area contributed by atoms with Crippen LogP contribution in [0, 0.1) is 0 Å².